The molecule has 0 aromatic heterocycles. The molecule has 0 spiro atoms. The van der Waals surface area contributed by atoms with Crippen LogP contribution < -0.4 is 9.64 Å². The van der Waals surface area contributed by atoms with Crippen LogP contribution in [0.4, 0.5) is 24.5 Å². The van der Waals surface area contributed by atoms with Crippen molar-refractivity contribution in [3.8, 4) is 5.75 Å². The summed E-state index contributed by atoms with van der Waals surface area (Å²) in [4.78, 5) is 39.1. The van der Waals surface area contributed by atoms with Crippen LogP contribution in [0, 0.1) is 13.8 Å². The summed E-state index contributed by atoms with van der Waals surface area (Å²) >= 11 is 0. The topological polar surface area (TPSA) is 107 Å². The van der Waals surface area contributed by atoms with Gasteiger partial charge in [-0.15, -0.1) is 0 Å². The van der Waals surface area contributed by atoms with Crippen LogP contribution in [0.5, 0.6) is 5.75 Å². The van der Waals surface area contributed by atoms with Gasteiger partial charge in [0.2, 0.25) is 0 Å². The maximum atomic E-state index is 13.6. The van der Waals surface area contributed by atoms with E-state index in [1.807, 2.05) is 0 Å². The number of halogens is 3. The van der Waals surface area contributed by atoms with E-state index in [2.05, 4.69) is 4.18 Å². The number of benzene rings is 3. The number of carbonyl (C=O) groups is 3. The highest BCUT2D eigenvalue weighted by Crippen LogP contribution is 2.46. The van der Waals surface area contributed by atoms with Gasteiger partial charge in [0.1, 0.15) is 18.2 Å². The molecule has 0 aliphatic carbocycles. The van der Waals surface area contributed by atoms with Gasteiger partial charge in [-0.3, -0.25) is 9.59 Å². The van der Waals surface area contributed by atoms with Gasteiger partial charge >= 0.3 is 27.6 Å². The minimum atomic E-state index is -6.15. The number of anilines is 2. The second-order valence-electron chi connectivity index (χ2n) is 8.91. The lowest BCUT2D eigenvalue weighted by Crippen LogP contribution is -2.36. The van der Waals surface area contributed by atoms with Gasteiger partial charge in [-0.05, 0) is 67.3 Å². The molecule has 204 valence electrons. The van der Waals surface area contributed by atoms with Gasteiger partial charge < -0.3 is 13.8 Å². The first kappa shape index (κ1) is 27.8. The van der Waals surface area contributed by atoms with E-state index in [9.17, 15) is 36.0 Å². The Morgan fingerprint density at radius 2 is 1.38 bits per heavy atom. The molecule has 39 heavy (non-hydrogen) atoms. The Morgan fingerprint density at radius 3 is 1.85 bits per heavy atom. The average molecular weight is 562 g/mol. The summed E-state index contributed by atoms with van der Waals surface area (Å²) in [6.45, 7) is 3.95. The fourth-order valence-electron chi connectivity index (χ4n) is 4.48. The third-order valence-electron chi connectivity index (χ3n) is 6.16. The molecular formula is C27H22F3NO7S. The molecule has 0 fully saturated rings. The zero-order valence-corrected chi connectivity index (χ0v) is 21.7. The van der Waals surface area contributed by atoms with Gasteiger partial charge in [0.25, 0.3) is 0 Å². The van der Waals surface area contributed by atoms with Gasteiger partial charge in [-0.25, -0.2) is 4.79 Å². The lowest BCUT2D eigenvalue weighted by atomic mass is 9.84. The Morgan fingerprint density at radius 1 is 0.897 bits per heavy atom. The molecule has 8 nitrogen and oxygen atoms in total. The third-order valence-corrected chi connectivity index (χ3v) is 7.13. The van der Waals surface area contributed by atoms with Gasteiger partial charge in [0.05, 0.1) is 0 Å². The summed E-state index contributed by atoms with van der Waals surface area (Å²) in [5.41, 5.74) is -2.85. The van der Waals surface area contributed by atoms with E-state index in [4.69, 9.17) is 4.74 Å². The Bertz CT molecular complexity index is 1530. The lowest BCUT2D eigenvalue weighted by Gasteiger charge is -2.36. The average Bonchev–Trinajstić information content (AvgIpc) is 2.84. The number of ketones is 1. The summed E-state index contributed by atoms with van der Waals surface area (Å²) in [5, 5.41) is 0. The Labute approximate surface area is 222 Å². The number of rotatable bonds is 6. The van der Waals surface area contributed by atoms with E-state index < -0.39 is 40.0 Å². The number of ether oxygens (including phenoxy) is 1. The fourth-order valence-corrected chi connectivity index (χ4v) is 4.87. The molecule has 0 N–H and O–H groups in total. The van der Waals surface area contributed by atoms with Crippen molar-refractivity contribution in [2.24, 2.45) is 0 Å². The molecule has 12 heteroatoms. The molecule has 0 bridgehead atoms. The molecule has 1 aliphatic rings. The zero-order chi connectivity index (χ0) is 28.7. The Balaban J connectivity index is 1.72. The minimum Gasteiger partial charge on any atom is -0.425 e. The number of hydrogen-bond acceptors (Lipinski definition) is 8. The number of carbonyl (C=O) groups excluding carboxylic acids is 3. The second kappa shape index (κ2) is 10.2. The molecule has 0 atom stereocenters. The molecule has 3 aromatic carbocycles. The lowest BCUT2D eigenvalue weighted by molar-refractivity contribution is -0.135. The van der Waals surface area contributed by atoms with E-state index in [-0.39, 0.29) is 22.9 Å². The van der Waals surface area contributed by atoms with Crippen LogP contribution in [-0.2, 0) is 23.9 Å². The number of Topliss-reactive ketones (excluding diaryl/α,β-unsaturated/α-hetero) is 1. The highest BCUT2D eigenvalue weighted by Gasteiger charge is 2.50. The van der Waals surface area contributed by atoms with Crippen molar-refractivity contribution >= 4 is 39.2 Å². The molecule has 3 aromatic rings. The number of nitrogens with zero attached hydrogens (tertiary/aromatic N) is 1. The monoisotopic (exact) mass is 561 g/mol. The highest BCUT2D eigenvalue weighted by molar-refractivity contribution is 7.88. The van der Waals surface area contributed by atoms with Crippen molar-refractivity contribution in [3.05, 3.63) is 88.5 Å². The standard InChI is InChI=1S/C27H22F3NO7S/c1-15-12-18(17(3)32)13-16(2)25(15)37-26(34)24-19-8-4-6-10-21(19)31(22-11-7-5-9-20(22)24)14-23(33)38-39(35,36)27(28,29)30/h4-13,24H,14H2,1-3H3. The summed E-state index contributed by atoms with van der Waals surface area (Å²) in [5.74, 6) is -3.18. The molecule has 0 unspecified atom stereocenters. The predicted molar refractivity (Wildman–Crippen MR) is 134 cm³/mol. The summed E-state index contributed by atoms with van der Waals surface area (Å²) in [7, 11) is -6.15. The third kappa shape index (κ3) is 5.37. The van der Waals surface area contributed by atoms with Crippen molar-refractivity contribution in [1.29, 1.82) is 0 Å². The molecule has 0 amide bonds. The largest absolute Gasteiger partial charge is 0.534 e. The van der Waals surface area contributed by atoms with Crippen molar-refractivity contribution in [2.75, 3.05) is 11.4 Å². The first-order valence-electron chi connectivity index (χ1n) is 11.5. The Hall–Kier alpha value is -4.19. The van der Waals surface area contributed by atoms with Crippen LogP contribution in [0.2, 0.25) is 0 Å². The number of para-hydroxylation sites is 2. The maximum Gasteiger partial charge on any atom is 0.534 e. The van der Waals surface area contributed by atoms with E-state index in [0.717, 1.165) is 0 Å². The van der Waals surface area contributed by atoms with Crippen LogP contribution in [0.25, 0.3) is 0 Å². The molecule has 1 aliphatic heterocycles. The van der Waals surface area contributed by atoms with Gasteiger partial charge in [-0.2, -0.15) is 21.6 Å². The SMILES string of the molecule is CC(=O)c1cc(C)c(OC(=O)C2c3ccccc3N(CC(=O)OS(=O)(=O)C(F)(F)F)c3ccccc32)c(C)c1. The van der Waals surface area contributed by atoms with Crippen molar-refractivity contribution in [3.63, 3.8) is 0 Å². The number of hydrogen-bond donors (Lipinski definition) is 0. The molecule has 0 radical (unpaired) electrons. The molecule has 0 saturated carbocycles. The number of fused-ring (bicyclic) bond motifs is 2. The van der Waals surface area contributed by atoms with Crippen molar-refractivity contribution in [2.45, 2.75) is 32.2 Å². The molecule has 4 rings (SSSR count). The molecule has 0 saturated heterocycles. The van der Waals surface area contributed by atoms with Crippen LogP contribution in [0.15, 0.2) is 60.7 Å². The van der Waals surface area contributed by atoms with Crippen LogP contribution >= 0.6 is 0 Å². The van der Waals surface area contributed by atoms with E-state index in [1.54, 1.807) is 62.4 Å². The van der Waals surface area contributed by atoms with Crippen molar-refractivity contribution < 1.29 is 44.9 Å². The number of esters is 1. The normalized spacial score (nSPS) is 13.3. The highest BCUT2D eigenvalue weighted by atomic mass is 32.2. The molecular weight excluding hydrogens is 539 g/mol. The maximum absolute atomic E-state index is 13.6. The predicted octanol–water partition coefficient (Wildman–Crippen LogP) is 5.09. The van der Waals surface area contributed by atoms with Crippen LogP contribution in [-0.4, -0.2) is 38.2 Å². The molecule has 1 heterocycles. The van der Waals surface area contributed by atoms with Crippen LogP contribution in [0.3, 0.4) is 0 Å². The zero-order valence-electron chi connectivity index (χ0n) is 20.9. The number of alkyl halides is 3. The summed E-state index contributed by atoms with van der Waals surface area (Å²) in [6, 6.07) is 16.0. The first-order valence-corrected chi connectivity index (χ1v) is 12.9. The fraction of sp³-hybridized carbons (Fsp3) is 0.222. The second-order valence-corrected chi connectivity index (χ2v) is 10.4. The van der Waals surface area contributed by atoms with Gasteiger partial charge in [-0.1, -0.05) is 36.4 Å². The Kier molecular flexibility index (Phi) is 7.26. The van der Waals surface area contributed by atoms with E-state index in [1.165, 1.54) is 24.0 Å². The minimum absolute atomic E-state index is 0.143. The summed E-state index contributed by atoms with van der Waals surface area (Å²) in [6.07, 6.45) is 0. The van der Waals surface area contributed by atoms with Crippen LogP contribution in [0.1, 0.15) is 45.5 Å². The summed E-state index contributed by atoms with van der Waals surface area (Å²) < 4.78 is 70.5. The smallest absolute Gasteiger partial charge is 0.425 e. The van der Waals surface area contributed by atoms with Gasteiger partial charge in [0, 0.05) is 16.9 Å². The van der Waals surface area contributed by atoms with E-state index in [0.29, 0.717) is 27.8 Å². The van der Waals surface area contributed by atoms with Gasteiger partial charge in [0.15, 0.2) is 5.78 Å². The van der Waals surface area contributed by atoms with Crippen molar-refractivity contribution in [1.82, 2.24) is 0 Å². The van der Waals surface area contributed by atoms with E-state index >= 15 is 0 Å². The number of aryl methyl sites for hydroxylation is 2. The first-order chi connectivity index (χ1) is 18.2. The quantitative estimate of drug-likeness (QED) is 0.135.